The molecule has 0 spiro atoms. The van der Waals surface area contributed by atoms with E-state index in [1.807, 2.05) is 30.3 Å². The van der Waals surface area contributed by atoms with Crippen molar-refractivity contribution in [3.05, 3.63) is 47.8 Å². The largest absolute Gasteiger partial charge is 0.465 e. The second kappa shape index (κ2) is 5.53. The van der Waals surface area contributed by atoms with Crippen LogP contribution < -0.4 is 0 Å². The number of carbonyl (C=O) groups is 1. The Morgan fingerprint density at radius 3 is 2.71 bits per heavy atom. The van der Waals surface area contributed by atoms with Gasteiger partial charge in [0.2, 0.25) is 0 Å². The van der Waals surface area contributed by atoms with Crippen LogP contribution in [0.15, 0.2) is 36.5 Å². The number of nitrogens with zero attached hydrogens (tertiary/aromatic N) is 4. The van der Waals surface area contributed by atoms with Crippen LogP contribution in [0.2, 0.25) is 0 Å². The highest BCUT2D eigenvalue weighted by Crippen LogP contribution is 2.26. The zero-order valence-electron chi connectivity index (χ0n) is 11.3. The first kappa shape index (κ1) is 13.6. The summed E-state index contributed by atoms with van der Waals surface area (Å²) in [5, 5.41) is 27.1. The number of likely N-dealkylation sites (tertiary alicyclic amines) is 1. The molecular formula is C14H16N4O3. The Balaban J connectivity index is 1.72. The highest BCUT2D eigenvalue weighted by Gasteiger charge is 2.36. The first-order valence-electron chi connectivity index (χ1n) is 6.73. The number of hydrogen-bond donors (Lipinski definition) is 2. The van der Waals surface area contributed by atoms with Gasteiger partial charge in [-0.05, 0) is 5.56 Å². The number of aromatic nitrogens is 3. The number of rotatable bonds is 3. The minimum atomic E-state index is -1.02. The zero-order valence-corrected chi connectivity index (χ0v) is 11.3. The van der Waals surface area contributed by atoms with Crippen molar-refractivity contribution in [2.24, 2.45) is 0 Å². The molecule has 2 heterocycles. The van der Waals surface area contributed by atoms with Gasteiger partial charge in [0.25, 0.3) is 0 Å². The summed E-state index contributed by atoms with van der Waals surface area (Å²) in [6.07, 6.45) is 0.0166. The third-order valence-electron chi connectivity index (χ3n) is 3.68. The summed E-state index contributed by atoms with van der Waals surface area (Å²) in [6, 6.07) is 9.86. The normalized spacial score (nSPS) is 21.7. The fourth-order valence-electron chi connectivity index (χ4n) is 2.56. The van der Waals surface area contributed by atoms with Crippen LogP contribution in [-0.4, -0.2) is 55.4 Å². The molecule has 1 saturated heterocycles. The summed E-state index contributed by atoms with van der Waals surface area (Å²) in [5.41, 5.74) is 1.73. The van der Waals surface area contributed by atoms with Crippen LogP contribution in [0.5, 0.6) is 0 Å². The van der Waals surface area contributed by atoms with Gasteiger partial charge in [-0.2, -0.15) is 0 Å². The monoisotopic (exact) mass is 288 g/mol. The highest BCUT2D eigenvalue weighted by molar-refractivity contribution is 5.65. The van der Waals surface area contributed by atoms with Crippen molar-refractivity contribution in [2.45, 2.75) is 18.6 Å². The molecule has 0 saturated carbocycles. The number of benzene rings is 1. The van der Waals surface area contributed by atoms with Gasteiger partial charge in [0, 0.05) is 12.7 Å². The van der Waals surface area contributed by atoms with Crippen molar-refractivity contribution < 1.29 is 15.0 Å². The van der Waals surface area contributed by atoms with E-state index >= 15 is 0 Å². The Morgan fingerprint density at radius 2 is 2.05 bits per heavy atom. The average molecular weight is 288 g/mol. The average Bonchev–Trinajstić information content (AvgIpc) is 3.06. The van der Waals surface area contributed by atoms with E-state index in [0.29, 0.717) is 12.2 Å². The molecule has 0 aliphatic carbocycles. The lowest BCUT2D eigenvalue weighted by atomic mass is 10.0. The van der Waals surface area contributed by atoms with E-state index in [-0.39, 0.29) is 19.0 Å². The van der Waals surface area contributed by atoms with Crippen molar-refractivity contribution in [2.75, 3.05) is 13.1 Å². The first-order chi connectivity index (χ1) is 10.1. The molecule has 0 radical (unpaired) electrons. The van der Waals surface area contributed by atoms with Crippen LogP contribution in [0, 0.1) is 0 Å². The van der Waals surface area contributed by atoms with E-state index in [4.69, 9.17) is 5.11 Å². The fraction of sp³-hybridized carbons (Fsp3) is 0.357. The molecule has 1 fully saturated rings. The molecule has 7 nitrogen and oxygen atoms in total. The maximum absolute atomic E-state index is 10.9. The lowest BCUT2D eigenvalue weighted by molar-refractivity contribution is 0.138. The Morgan fingerprint density at radius 1 is 1.29 bits per heavy atom. The van der Waals surface area contributed by atoms with Gasteiger partial charge >= 0.3 is 6.09 Å². The summed E-state index contributed by atoms with van der Waals surface area (Å²) < 4.78 is 1.70. The molecular weight excluding hydrogens is 272 g/mol. The molecule has 2 atom stereocenters. The van der Waals surface area contributed by atoms with E-state index in [1.54, 1.807) is 10.9 Å². The van der Waals surface area contributed by atoms with Crippen LogP contribution >= 0.6 is 0 Å². The van der Waals surface area contributed by atoms with Crippen molar-refractivity contribution in [1.29, 1.82) is 0 Å². The molecule has 1 aliphatic rings. The van der Waals surface area contributed by atoms with E-state index in [2.05, 4.69) is 10.3 Å². The van der Waals surface area contributed by atoms with Gasteiger partial charge in [0.15, 0.2) is 0 Å². The molecule has 1 aliphatic heterocycles. The molecule has 0 bridgehead atoms. The molecule has 1 amide bonds. The van der Waals surface area contributed by atoms with Gasteiger partial charge in [-0.25, -0.2) is 9.48 Å². The van der Waals surface area contributed by atoms with Crippen LogP contribution in [0.1, 0.15) is 17.2 Å². The predicted octanol–water partition coefficient (Wildman–Crippen LogP) is 0.764. The molecule has 21 heavy (non-hydrogen) atoms. The predicted molar refractivity (Wildman–Crippen MR) is 73.9 cm³/mol. The van der Waals surface area contributed by atoms with Crippen LogP contribution in [-0.2, 0) is 6.54 Å². The lowest BCUT2D eigenvalue weighted by Gasteiger charge is -2.09. The summed E-state index contributed by atoms with van der Waals surface area (Å²) in [5.74, 6) is -0.314. The van der Waals surface area contributed by atoms with Crippen molar-refractivity contribution in [3.63, 3.8) is 0 Å². The molecule has 2 N–H and O–H groups in total. The number of amides is 1. The molecule has 7 heteroatoms. The minimum absolute atomic E-state index is 0.117. The molecule has 1 aromatic carbocycles. The minimum Gasteiger partial charge on any atom is -0.465 e. The maximum atomic E-state index is 10.9. The zero-order chi connectivity index (χ0) is 14.8. The van der Waals surface area contributed by atoms with Crippen molar-refractivity contribution >= 4 is 6.09 Å². The number of carboxylic acid groups (broad SMARTS) is 1. The second-order valence-corrected chi connectivity index (χ2v) is 5.19. The highest BCUT2D eigenvalue weighted by atomic mass is 16.4. The van der Waals surface area contributed by atoms with Gasteiger partial charge in [-0.15, -0.1) is 5.10 Å². The molecule has 2 aromatic rings. The van der Waals surface area contributed by atoms with Gasteiger partial charge in [-0.1, -0.05) is 35.5 Å². The topological polar surface area (TPSA) is 91.5 Å². The van der Waals surface area contributed by atoms with E-state index in [0.717, 1.165) is 5.56 Å². The van der Waals surface area contributed by atoms with E-state index < -0.39 is 12.2 Å². The summed E-state index contributed by atoms with van der Waals surface area (Å²) in [6.45, 7) is 0.964. The Labute approximate surface area is 121 Å². The van der Waals surface area contributed by atoms with Gasteiger partial charge in [0.05, 0.1) is 30.8 Å². The number of aliphatic hydroxyl groups is 1. The third kappa shape index (κ3) is 2.87. The standard InChI is InChI=1S/C14H16N4O3/c19-13-9-17(14(20)21)7-11(13)12-8-18(16-15-12)6-10-4-2-1-3-5-10/h1-5,8,11,13,19H,6-7,9H2,(H,20,21)/t11-,13+/m1/s1. The van der Waals surface area contributed by atoms with Crippen LogP contribution in [0.25, 0.3) is 0 Å². The number of β-amino-alcohol motifs (C(OH)–C–C–N with tert-alkyl or cyclic N) is 1. The molecule has 1 aromatic heterocycles. The number of hydrogen-bond acceptors (Lipinski definition) is 4. The lowest BCUT2D eigenvalue weighted by Crippen LogP contribution is -2.27. The molecule has 110 valence electrons. The van der Waals surface area contributed by atoms with Gasteiger partial charge in [0.1, 0.15) is 0 Å². The summed E-state index contributed by atoms with van der Waals surface area (Å²) in [4.78, 5) is 12.1. The van der Waals surface area contributed by atoms with Crippen LogP contribution in [0.4, 0.5) is 4.79 Å². The smallest absolute Gasteiger partial charge is 0.407 e. The molecule has 3 rings (SSSR count). The Kier molecular flexibility index (Phi) is 3.57. The van der Waals surface area contributed by atoms with Crippen molar-refractivity contribution in [3.8, 4) is 0 Å². The fourth-order valence-corrected chi connectivity index (χ4v) is 2.56. The van der Waals surface area contributed by atoms with Crippen LogP contribution in [0.3, 0.4) is 0 Å². The third-order valence-corrected chi connectivity index (χ3v) is 3.68. The summed E-state index contributed by atoms with van der Waals surface area (Å²) in [7, 11) is 0. The SMILES string of the molecule is O=C(O)N1C[C@H](c2cn(Cc3ccccc3)nn2)[C@@H](O)C1. The van der Waals surface area contributed by atoms with E-state index in [9.17, 15) is 9.90 Å². The van der Waals surface area contributed by atoms with Gasteiger partial charge in [-0.3, -0.25) is 0 Å². The maximum Gasteiger partial charge on any atom is 0.407 e. The number of aliphatic hydroxyl groups excluding tert-OH is 1. The first-order valence-corrected chi connectivity index (χ1v) is 6.73. The Bertz CT molecular complexity index is 628. The quantitative estimate of drug-likeness (QED) is 0.870. The van der Waals surface area contributed by atoms with Crippen molar-refractivity contribution in [1.82, 2.24) is 19.9 Å². The summed E-state index contributed by atoms with van der Waals surface area (Å²) >= 11 is 0. The van der Waals surface area contributed by atoms with E-state index in [1.165, 1.54) is 4.90 Å². The molecule has 0 unspecified atom stereocenters. The second-order valence-electron chi connectivity index (χ2n) is 5.19. The van der Waals surface area contributed by atoms with Gasteiger partial charge < -0.3 is 15.1 Å². The Hall–Kier alpha value is -2.41.